The van der Waals surface area contributed by atoms with Gasteiger partial charge in [0, 0.05) is 32.1 Å². The Bertz CT molecular complexity index is 557. The topological polar surface area (TPSA) is 40.6 Å². The maximum atomic E-state index is 14.2. The SMILES string of the molecule is CCN(CC)C(=O)[C@H]1CCC(=O)N(C)[C@H]1c1ccccc1F. The molecule has 2 rings (SSSR count). The Hall–Kier alpha value is -1.91. The van der Waals surface area contributed by atoms with Crippen molar-refractivity contribution in [2.24, 2.45) is 5.92 Å². The predicted octanol–water partition coefficient (Wildman–Crippen LogP) is 2.60. The first kappa shape index (κ1) is 16.5. The third-order valence-corrected chi connectivity index (χ3v) is 4.48. The molecule has 0 bridgehead atoms. The lowest BCUT2D eigenvalue weighted by Gasteiger charge is -2.40. The quantitative estimate of drug-likeness (QED) is 0.858. The molecule has 120 valence electrons. The molecule has 2 amide bonds. The van der Waals surface area contributed by atoms with E-state index in [1.54, 1.807) is 30.1 Å². The molecule has 1 saturated heterocycles. The maximum absolute atomic E-state index is 14.2. The molecule has 1 heterocycles. The standard InChI is InChI=1S/C17H23FN2O2/c1-4-20(5-2)17(22)13-10-11-15(21)19(3)16(13)12-8-6-7-9-14(12)18/h6-9,13,16H,4-5,10-11H2,1-3H3/t13-,16-/m0/s1. The highest BCUT2D eigenvalue weighted by Gasteiger charge is 2.41. The van der Waals surface area contributed by atoms with Gasteiger partial charge in [-0.2, -0.15) is 0 Å². The van der Waals surface area contributed by atoms with Gasteiger partial charge >= 0.3 is 0 Å². The van der Waals surface area contributed by atoms with Crippen LogP contribution in [0.2, 0.25) is 0 Å². The highest BCUT2D eigenvalue weighted by molar-refractivity contribution is 5.85. The predicted molar refractivity (Wildman–Crippen MR) is 82.6 cm³/mol. The van der Waals surface area contributed by atoms with Gasteiger partial charge in [0.15, 0.2) is 0 Å². The van der Waals surface area contributed by atoms with Gasteiger partial charge in [0.1, 0.15) is 5.82 Å². The highest BCUT2D eigenvalue weighted by atomic mass is 19.1. The number of benzene rings is 1. The Morgan fingerprint density at radius 3 is 2.55 bits per heavy atom. The Morgan fingerprint density at radius 1 is 1.32 bits per heavy atom. The van der Waals surface area contributed by atoms with E-state index in [2.05, 4.69) is 0 Å². The highest BCUT2D eigenvalue weighted by Crippen LogP contribution is 2.37. The maximum Gasteiger partial charge on any atom is 0.228 e. The number of hydrogen-bond donors (Lipinski definition) is 0. The number of hydrogen-bond acceptors (Lipinski definition) is 2. The summed E-state index contributed by atoms with van der Waals surface area (Å²) in [5.74, 6) is -0.805. The summed E-state index contributed by atoms with van der Waals surface area (Å²) in [7, 11) is 1.65. The molecule has 2 atom stereocenters. The number of carbonyl (C=O) groups is 2. The van der Waals surface area contributed by atoms with Crippen LogP contribution in [0.4, 0.5) is 4.39 Å². The summed E-state index contributed by atoms with van der Waals surface area (Å²) < 4.78 is 14.2. The summed E-state index contributed by atoms with van der Waals surface area (Å²) >= 11 is 0. The van der Waals surface area contributed by atoms with Crippen LogP contribution in [-0.2, 0) is 9.59 Å². The molecular formula is C17H23FN2O2. The number of nitrogens with zero attached hydrogens (tertiary/aromatic N) is 2. The zero-order chi connectivity index (χ0) is 16.3. The van der Waals surface area contributed by atoms with Crippen molar-refractivity contribution in [3.8, 4) is 0 Å². The third kappa shape index (κ3) is 2.98. The van der Waals surface area contributed by atoms with Gasteiger partial charge in [0.25, 0.3) is 0 Å². The fourth-order valence-corrected chi connectivity index (χ4v) is 3.21. The van der Waals surface area contributed by atoms with E-state index in [0.717, 1.165) is 0 Å². The van der Waals surface area contributed by atoms with E-state index in [4.69, 9.17) is 0 Å². The molecule has 0 aromatic heterocycles. The van der Waals surface area contributed by atoms with Crippen LogP contribution < -0.4 is 0 Å². The lowest BCUT2D eigenvalue weighted by atomic mass is 9.83. The van der Waals surface area contributed by atoms with Crippen LogP contribution in [0, 0.1) is 11.7 Å². The zero-order valence-electron chi connectivity index (χ0n) is 13.4. The molecule has 0 unspecified atom stereocenters. The summed E-state index contributed by atoms with van der Waals surface area (Å²) in [5, 5.41) is 0. The van der Waals surface area contributed by atoms with Crippen LogP contribution >= 0.6 is 0 Å². The summed E-state index contributed by atoms with van der Waals surface area (Å²) in [6.07, 6.45) is 0.802. The Morgan fingerprint density at radius 2 is 1.95 bits per heavy atom. The van der Waals surface area contributed by atoms with E-state index >= 15 is 0 Å². The second-order valence-corrected chi connectivity index (χ2v) is 5.63. The third-order valence-electron chi connectivity index (χ3n) is 4.48. The van der Waals surface area contributed by atoms with Gasteiger partial charge < -0.3 is 9.80 Å². The van der Waals surface area contributed by atoms with Crippen molar-refractivity contribution in [2.75, 3.05) is 20.1 Å². The Balaban J connectivity index is 2.40. The molecule has 1 fully saturated rings. The minimum absolute atomic E-state index is 0.00222. The molecule has 1 aliphatic heterocycles. The second-order valence-electron chi connectivity index (χ2n) is 5.63. The van der Waals surface area contributed by atoms with Crippen LogP contribution in [0.5, 0.6) is 0 Å². The largest absolute Gasteiger partial charge is 0.343 e. The number of amides is 2. The first-order chi connectivity index (χ1) is 10.5. The normalized spacial score (nSPS) is 21.8. The molecule has 0 spiro atoms. The van der Waals surface area contributed by atoms with Crippen molar-refractivity contribution in [2.45, 2.75) is 32.7 Å². The average molecular weight is 306 g/mol. The molecule has 0 saturated carbocycles. The molecule has 0 N–H and O–H groups in total. The van der Waals surface area contributed by atoms with Crippen molar-refractivity contribution in [1.29, 1.82) is 0 Å². The van der Waals surface area contributed by atoms with Crippen molar-refractivity contribution >= 4 is 11.8 Å². The smallest absolute Gasteiger partial charge is 0.228 e. The van der Waals surface area contributed by atoms with Crippen LogP contribution in [0.15, 0.2) is 24.3 Å². The number of likely N-dealkylation sites (tertiary alicyclic amines) is 1. The van der Waals surface area contributed by atoms with Gasteiger partial charge in [-0.15, -0.1) is 0 Å². The van der Waals surface area contributed by atoms with Crippen molar-refractivity contribution in [3.63, 3.8) is 0 Å². The lowest BCUT2D eigenvalue weighted by molar-refractivity contribution is -0.146. The minimum Gasteiger partial charge on any atom is -0.343 e. The fourth-order valence-electron chi connectivity index (χ4n) is 3.21. The van der Waals surface area contributed by atoms with Gasteiger partial charge in [-0.3, -0.25) is 9.59 Å². The number of rotatable bonds is 4. The number of halogens is 1. The van der Waals surface area contributed by atoms with Gasteiger partial charge in [-0.25, -0.2) is 4.39 Å². The summed E-state index contributed by atoms with van der Waals surface area (Å²) in [6, 6.07) is 5.86. The molecular weight excluding hydrogens is 283 g/mol. The van der Waals surface area contributed by atoms with E-state index in [-0.39, 0.29) is 23.5 Å². The number of carbonyl (C=O) groups excluding carboxylic acids is 2. The summed E-state index contributed by atoms with van der Waals surface area (Å²) in [5.41, 5.74) is 0.420. The van der Waals surface area contributed by atoms with Crippen LogP contribution in [-0.4, -0.2) is 41.8 Å². The van der Waals surface area contributed by atoms with Crippen LogP contribution in [0.1, 0.15) is 38.3 Å². The minimum atomic E-state index is -0.532. The number of piperidine rings is 1. The molecule has 0 radical (unpaired) electrons. The van der Waals surface area contributed by atoms with E-state index in [0.29, 0.717) is 31.5 Å². The van der Waals surface area contributed by atoms with E-state index in [1.807, 2.05) is 13.8 Å². The molecule has 1 aromatic carbocycles. The van der Waals surface area contributed by atoms with Gasteiger partial charge in [-0.1, -0.05) is 18.2 Å². The second kappa shape index (κ2) is 6.90. The van der Waals surface area contributed by atoms with Crippen molar-refractivity contribution in [1.82, 2.24) is 9.80 Å². The fraction of sp³-hybridized carbons (Fsp3) is 0.529. The summed E-state index contributed by atoms with van der Waals surface area (Å²) in [4.78, 5) is 28.1. The monoisotopic (exact) mass is 306 g/mol. The molecule has 4 nitrogen and oxygen atoms in total. The Kier molecular flexibility index (Phi) is 5.16. The van der Waals surface area contributed by atoms with Gasteiger partial charge in [-0.05, 0) is 26.3 Å². The van der Waals surface area contributed by atoms with E-state index in [1.165, 1.54) is 11.0 Å². The van der Waals surface area contributed by atoms with E-state index in [9.17, 15) is 14.0 Å². The summed E-state index contributed by atoms with van der Waals surface area (Å²) in [6.45, 7) is 5.09. The average Bonchev–Trinajstić information content (AvgIpc) is 2.52. The van der Waals surface area contributed by atoms with Crippen molar-refractivity contribution in [3.05, 3.63) is 35.6 Å². The lowest BCUT2D eigenvalue weighted by Crippen LogP contribution is -2.47. The van der Waals surface area contributed by atoms with Crippen LogP contribution in [0.3, 0.4) is 0 Å². The zero-order valence-corrected chi connectivity index (χ0v) is 13.4. The molecule has 1 aromatic rings. The van der Waals surface area contributed by atoms with E-state index < -0.39 is 6.04 Å². The Labute approximate surface area is 130 Å². The van der Waals surface area contributed by atoms with Gasteiger partial charge in [0.2, 0.25) is 11.8 Å². The molecule has 1 aliphatic rings. The molecule has 5 heteroatoms. The van der Waals surface area contributed by atoms with Crippen molar-refractivity contribution < 1.29 is 14.0 Å². The first-order valence-corrected chi connectivity index (χ1v) is 7.80. The van der Waals surface area contributed by atoms with Crippen LogP contribution in [0.25, 0.3) is 0 Å². The molecule has 22 heavy (non-hydrogen) atoms. The van der Waals surface area contributed by atoms with Gasteiger partial charge in [0.05, 0.1) is 12.0 Å². The first-order valence-electron chi connectivity index (χ1n) is 7.80. The molecule has 0 aliphatic carbocycles.